The second-order valence-corrected chi connectivity index (χ2v) is 8.04. The van der Waals surface area contributed by atoms with Crippen LogP contribution in [0, 0.1) is 5.92 Å². The van der Waals surface area contributed by atoms with Gasteiger partial charge in [-0.05, 0) is 37.1 Å². The summed E-state index contributed by atoms with van der Waals surface area (Å²) in [5.41, 5.74) is 0. The number of piperidine rings is 1. The maximum atomic E-state index is 13.1. The highest BCUT2D eigenvalue weighted by atomic mass is 16.5. The number of amides is 1. The van der Waals surface area contributed by atoms with E-state index in [9.17, 15) is 4.79 Å². The molecule has 2 saturated heterocycles. The minimum atomic E-state index is 0.0423. The van der Waals surface area contributed by atoms with Crippen LogP contribution in [0.3, 0.4) is 0 Å². The smallest absolute Gasteiger partial charge is 0.227 e. The van der Waals surface area contributed by atoms with Crippen LogP contribution < -0.4 is 14.4 Å². The number of carbonyl (C=O) groups is 1. The average Bonchev–Trinajstić information content (AvgIpc) is 2.85. The van der Waals surface area contributed by atoms with Crippen LogP contribution in [0.2, 0.25) is 0 Å². The van der Waals surface area contributed by atoms with Crippen molar-refractivity contribution in [3.05, 3.63) is 42.9 Å². The molecule has 0 unspecified atom stereocenters. The van der Waals surface area contributed by atoms with Gasteiger partial charge in [-0.2, -0.15) is 0 Å². The van der Waals surface area contributed by atoms with E-state index >= 15 is 0 Å². The average molecular weight is 426 g/mol. The van der Waals surface area contributed by atoms with Gasteiger partial charge in [-0.1, -0.05) is 0 Å². The van der Waals surface area contributed by atoms with E-state index in [4.69, 9.17) is 9.47 Å². The Balaban J connectivity index is 1.19. The van der Waals surface area contributed by atoms with E-state index in [1.807, 2.05) is 29.2 Å². The summed E-state index contributed by atoms with van der Waals surface area (Å²) in [4.78, 5) is 28.2. The molecule has 1 aromatic heterocycles. The third-order valence-corrected chi connectivity index (χ3v) is 6.06. The number of aromatic nitrogens is 2. The van der Waals surface area contributed by atoms with E-state index in [1.54, 1.807) is 25.7 Å². The van der Waals surface area contributed by atoms with Crippen LogP contribution in [0.4, 0.5) is 5.82 Å². The van der Waals surface area contributed by atoms with Crippen LogP contribution in [-0.4, -0.2) is 85.2 Å². The van der Waals surface area contributed by atoms with Crippen molar-refractivity contribution in [2.24, 2.45) is 5.92 Å². The van der Waals surface area contributed by atoms with Gasteiger partial charge in [0.1, 0.15) is 23.9 Å². The zero-order valence-corrected chi connectivity index (χ0v) is 18.2. The summed E-state index contributed by atoms with van der Waals surface area (Å²) in [5, 5.41) is 0. The first kappa shape index (κ1) is 21.4. The Hall–Kier alpha value is -2.87. The van der Waals surface area contributed by atoms with Crippen LogP contribution in [0.25, 0.3) is 0 Å². The molecule has 0 radical (unpaired) electrons. The Morgan fingerprint density at radius 2 is 1.84 bits per heavy atom. The topological polar surface area (TPSA) is 71.0 Å². The number of hydrogen-bond donors (Lipinski definition) is 0. The lowest BCUT2D eigenvalue weighted by Gasteiger charge is -2.39. The molecule has 0 bridgehead atoms. The number of hydrogen-bond acceptors (Lipinski definition) is 7. The number of rotatable bonds is 7. The van der Waals surface area contributed by atoms with Crippen molar-refractivity contribution in [1.82, 2.24) is 19.8 Å². The molecule has 4 rings (SSSR count). The minimum absolute atomic E-state index is 0.0423. The van der Waals surface area contributed by atoms with E-state index in [0.717, 1.165) is 76.0 Å². The predicted molar refractivity (Wildman–Crippen MR) is 118 cm³/mol. The summed E-state index contributed by atoms with van der Waals surface area (Å²) in [6.07, 6.45) is 7.12. The number of benzene rings is 1. The molecule has 0 N–H and O–H groups in total. The van der Waals surface area contributed by atoms with Crippen LogP contribution in [0.15, 0.2) is 42.9 Å². The van der Waals surface area contributed by atoms with Crippen molar-refractivity contribution in [3.8, 4) is 11.5 Å². The lowest BCUT2D eigenvalue weighted by atomic mass is 9.96. The summed E-state index contributed by atoms with van der Waals surface area (Å²) < 4.78 is 11.0. The molecular formula is C23H31N5O3. The molecule has 31 heavy (non-hydrogen) atoms. The van der Waals surface area contributed by atoms with Crippen molar-refractivity contribution in [3.63, 3.8) is 0 Å². The minimum Gasteiger partial charge on any atom is -0.497 e. The molecule has 0 spiro atoms. The maximum Gasteiger partial charge on any atom is 0.227 e. The summed E-state index contributed by atoms with van der Waals surface area (Å²) in [6, 6.07) is 7.64. The van der Waals surface area contributed by atoms with Crippen molar-refractivity contribution < 1.29 is 14.3 Å². The first-order valence-electron chi connectivity index (χ1n) is 11.0. The lowest BCUT2D eigenvalue weighted by Crippen LogP contribution is -2.53. The Morgan fingerprint density at radius 3 is 2.55 bits per heavy atom. The molecule has 1 aromatic carbocycles. The first-order chi connectivity index (χ1) is 15.2. The second-order valence-electron chi connectivity index (χ2n) is 8.04. The monoisotopic (exact) mass is 425 g/mol. The number of anilines is 1. The Labute approximate surface area is 183 Å². The molecule has 8 nitrogen and oxygen atoms in total. The molecule has 2 aliphatic heterocycles. The van der Waals surface area contributed by atoms with Crippen molar-refractivity contribution >= 4 is 11.7 Å². The molecule has 2 fully saturated rings. The van der Waals surface area contributed by atoms with Crippen LogP contribution >= 0.6 is 0 Å². The highest BCUT2D eigenvalue weighted by Gasteiger charge is 2.31. The number of piperazine rings is 1. The molecule has 2 aromatic rings. The molecule has 1 atom stereocenters. The van der Waals surface area contributed by atoms with Crippen LogP contribution in [0.5, 0.6) is 11.5 Å². The van der Waals surface area contributed by atoms with Gasteiger partial charge in [0.05, 0.1) is 19.2 Å². The number of carbonyl (C=O) groups excluding carboxylic acids is 1. The van der Waals surface area contributed by atoms with Gasteiger partial charge in [-0.25, -0.2) is 4.98 Å². The largest absolute Gasteiger partial charge is 0.497 e. The Morgan fingerprint density at radius 1 is 1.06 bits per heavy atom. The quantitative estimate of drug-likeness (QED) is 0.671. The van der Waals surface area contributed by atoms with Gasteiger partial charge in [-0.15, -0.1) is 0 Å². The highest BCUT2D eigenvalue weighted by molar-refractivity contribution is 5.80. The van der Waals surface area contributed by atoms with Crippen LogP contribution in [-0.2, 0) is 4.79 Å². The first-order valence-corrected chi connectivity index (χ1v) is 11.0. The Kier molecular flexibility index (Phi) is 7.19. The third kappa shape index (κ3) is 5.64. The second kappa shape index (κ2) is 10.4. The Bertz CT molecular complexity index is 825. The number of ether oxygens (including phenoxy) is 2. The van der Waals surface area contributed by atoms with Gasteiger partial charge in [0.2, 0.25) is 5.91 Å². The third-order valence-electron chi connectivity index (χ3n) is 6.06. The van der Waals surface area contributed by atoms with Gasteiger partial charge in [0.25, 0.3) is 0 Å². The fourth-order valence-corrected chi connectivity index (χ4v) is 4.26. The molecule has 166 valence electrons. The lowest BCUT2D eigenvalue weighted by molar-refractivity contribution is -0.137. The zero-order chi connectivity index (χ0) is 21.5. The van der Waals surface area contributed by atoms with Gasteiger partial charge < -0.3 is 19.3 Å². The summed E-state index contributed by atoms with van der Waals surface area (Å²) in [5.74, 6) is 2.86. The predicted octanol–water partition coefficient (Wildman–Crippen LogP) is 1.92. The van der Waals surface area contributed by atoms with Crippen molar-refractivity contribution in [1.29, 1.82) is 0 Å². The SMILES string of the molecule is COc1ccc(OCCN2CCN(C(=O)[C@@H]3CCCN(c4cnccn4)C3)CC2)cc1. The van der Waals surface area contributed by atoms with Gasteiger partial charge >= 0.3 is 0 Å². The maximum absolute atomic E-state index is 13.1. The highest BCUT2D eigenvalue weighted by Crippen LogP contribution is 2.23. The fourth-order valence-electron chi connectivity index (χ4n) is 4.26. The van der Waals surface area contributed by atoms with Gasteiger partial charge in [-0.3, -0.25) is 14.7 Å². The number of nitrogens with zero attached hydrogens (tertiary/aromatic N) is 5. The van der Waals surface area contributed by atoms with Gasteiger partial charge in [0.15, 0.2) is 0 Å². The zero-order valence-electron chi connectivity index (χ0n) is 18.2. The van der Waals surface area contributed by atoms with Crippen molar-refractivity contribution in [2.45, 2.75) is 12.8 Å². The molecule has 3 heterocycles. The van der Waals surface area contributed by atoms with Crippen LogP contribution in [0.1, 0.15) is 12.8 Å². The van der Waals surface area contributed by atoms with E-state index in [2.05, 4.69) is 19.8 Å². The summed E-state index contributed by atoms with van der Waals surface area (Å²) in [7, 11) is 1.66. The summed E-state index contributed by atoms with van der Waals surface area (Å²) >= 11 is 0. The normalized spacial score (nSPS) is 19.8. The molecule has 0 aliphatic carbocycles. The fraction of sp³-hybridized carbons (Fsp3) is 0.522. The number of methoxy groups -OCH3 is 1. The molecule has 0 saturated carbocycles. The van der Waals surface area contributed by atoms with E-state index in [0.29, 0.717) is 6.61 Å². The standard InChI is InChI=1S/C23H31N5O3/c1-30-20-4-6-21(7-5-20)31-16-15-26-11-13-27(14-12-26)23(29)19-3-2-10-28(18-19)22-17-24-8-9-25-22/h4-9,17,19H,2-3,10-16,18H2,1H3/t19-/m1/s1. The molecule has 1 amide bonds. The van der Waals surface area contributed by atoms with E-state index in [1.165, 1.54) is 0 Å². The summed E-state index contributed by atoms with van der Waals surface area (Å²) in [6.45, 7) is 6.49. The molecular weight excluding hydrogens is 394 g/mol. The molecule has 2 aliphatic rings. The van der Waals surface area contributed by atoms with E-state index in [-0.39, 0.29) is 11.8 Å². The van der Waals surface area contributed by atoms with Crippen molar-refractivity contribution in [2.75, 3.05) is 64.4 Å². The van der Waals surface area contributed by atoms with Gasteiger partial charge in [0, 0.05) is 58.2 Å². The van der Waals surface area contributed by atoms with E-state index < -0.39 is 0 Å². The molecule has 8 heteroatoms.